The Balaban J connectivity index is 1.35. The number of aliphatic hydroxyl groups excluding tert-OH is 3. The lowest BCUT2D eigenvalue weighted by Gasteiger charge is -2.32. The Hall–Kier alpha value is -2.34. The Morgan fingerprint density at radius 2 is 2.08 bits per heavy atom. The summed E-state index contributed by atoms with van der Waals surface area (Å²) in [5, 5.41) is 49.4. The highest BCUT2D eigenvalue weighted by molar-refractivity contribution is 7.53. The van der Waals surface area contributed by atoms with Crippen molar-refractivity contribution in [2.75, 3.05) is 25.1 Å². The van der Waals surface area contributed by atoms with Gasteiger partial charge in [-0.1, -0.05) is 5.21 Å². The summed E-state index contributed by atoms with van der Waals surface area (Å²) in [7, 11) is -5.11. The molecule has 1 saturated carbocycles. The number of ether oxygens (including phenoxy) is 2. The van der Waals surface area contributed by atoms with Crippen molar-refractivity contribution >= 4 is 36.0 Å². The number of aromatic nitrogens is 8. The third-order valence-corrected chi connectivity index (χ3v) is 8.04. The van der Waals surface area contributed by atoms with Gasteiger partial charge in [-0.2, -0.15) is 20.3 Å². The average molecular weight is 562 g/mol. The van der Waals surface area contributed by atoms with Crippen LogP contribution < -0.4 is 5.32 Å². The number of H-pyrrole nitrogens is 1. The molecule has 17 nitrogen and oxygen atoms in total. The van der Waals surface area contributed by atoms with E-state index in [4.69, 9.17) is 21.1 Å². The van der Waals surface area contributed by atoms with Gasteiger partial charge in [0.05, 0.1) is 31.2 Å². The third kappa shape index (κ3) is 5.19. The van der Waals surface area contributed by atoms with Crippen LogP contribution in [0.3, 0.4) is 0 Å². The van der Waals surface area contributed by atoms with Gasteiger partial charge in [-0.3, -0.25) is 4.57 Å². The molecule has 0 unspecified atom stereocenters. The molecule has 2 fully saturated rings. The van der Waals surface area contributed by atoms with Crippen molar-refractivity contribution < 1.29 is 39.1 Å². The number of rotatable bonds is 11. The molecule has 3 aromatic rings. The van der Waals surface area contributed by atoms with Crippen LogP contribution in [0, 0.1) is 5.92 Å². The molecule has 0 aromatic carbocycles. The Labute approximate surface area is 213 Å². The molecular weight excluding hydrogens is 537 g/mol. The van der Waals surface area contributed by atoms with Gasteiger partial charge in [-0.05, 0) is 30.4 Å². The number of anilines is 1. The van der Waals surface area contributed by atoms with Crippen molar-refractivity contribution in [1.82, 2.24) is 40.4 Å². The van der Waals surface area contributed by atoms with Crippen LogP contribution in [0.5, 0.6) is 0 Å². The second kappa shape index (κ2) is 10.1. The van der Waals surface area contributed by atoms with E-state index in [0.717, 1.165) is 12.8 Å². The van der Waals surface area contributed by atoms with Gasteiger partial charge in [-0.25, -0.2) is 4.68 Å². The minimum Gasteiger partial charge on any atom is -0.393 e. The van der Waals surface area contributed by atoms with E-state index < -0.39 is 57.1 Å². The molecule has 5 atom stereocenters. The molecule has 0 bridgehead atoms. The zero-order valence-corrected chi connectivity index (χ0v) is 20.8. The molecule has 202 valence electrons. The summed E-state index contributed by atoms with van der Waals surface area (Å²) in [6.07, 6.45) is -2.39. The number of aliphatic hydroxyl groups is 3. The molecule has 0 radical (unpaired) electrons. The van der Waals surface area contributed by atoms with Gasteiger partial charge >= 0.3 is 7.60 Å². The van der Waals surface area contributed by atoms with Gasteiger partial charge < -0.3 is 39.9 Å². The van der Waals surface area contributed by atoms with E-state index in [1.807, 2.05) is 0 Å². The summed E-state index contributed by atoms with van der Waals surface area (Å²) in [4.78, 5) is 28.2. The highest BCUT2D eigenvalue weighted by Gasteiger charge is 2.52. The van der Waals surface area contributed by atoms with Gasteiger partial charge in [-0.15, -0.1) is 10.2 Å². The van der Waals surface area contributed by atoms with Gasteiger partial charge in [0.1, 0.15) is 24.1 Å². The van der Waals surface area contributed by atoms with Crippen LogP contribution in [0.15, 0.2) is 6.20 Å². The maximum atomic E-state index is 12.2. The van der Waals surface area contributed by atoms with E-state index in [1.165, 1.54) is 10.9 Å². The van der Waals surface area contributed by atoms with Crippen LogP contribution >= 0.6 is 19.2 Å². The fourth-order valence-corrected chi connectivity index (χ4v) is 4.96. The summed E-state index contributed by atoms with van der Waals surface area (Å²) < 4.78 is 24.7. The standard InChI is InChI=1S/C18H25ClN9O8P/c19-17-22-14(20-4-8-1-2-8)9-5-21-28(15(9)23-17)16-13(31)12(30)10(36-16)6-35-18(7-29,37(32,33)34)3-11-24-26-27-25-11/h5,8,10,12-13,16,29-31H,1-4,6-7H2,(H,20,22,23)(H2,32,33,34)(H,24,25,26,27)/t10-,12-,13-,16-,18+/m0/s1. The molecule has 4 heterocycles. The number of aromatic amines is 1. The molecule has 5 rings (SSSR count). The molecule has 7 N–H and O–H groups in total. The predicted molar refractivity (Wildman–Crippen MR) is 123 cm³/mol. The molecule has 1 aliphatic heterocycles. The first-order chi connectivity index (χ1) is 17.6. The third-order valence-electron chi connectivity index (χ3n) is 6.38. The summed E-state index contributed by atoms with van der Waals surface area (Å²) in [6.45, 7) is -0.998. The normalized spacial score (nSPS) is 26.0. The van der Waals surface area contributed by atoms with E-state index in [1.54, 1.807) is 0 Å². The van der Waals surface area contributed by atoms with E-state index in [0.29, 0.717) is 23.7 Å². The van der Waals surface area contributed by atoms with Crippen molar-refractivity contribution in [2.24, 2.45) is 5.92 Å². The molecule has 0 spiro atoms. The second-order valence-electron chi connectivity index (χ2n) is 9.00. The van der Waals surface area contributed by atoms with Gasteiger partial charge in [0.15, 0.2) is 23.0 Å². The maximum Gasteiger partial charge on any atom is 0.359 e. The first-order valence-corrected chi connectivity index (χ1v) is 13.3. The van der Waals surface area contributed by atoms with Crippen molar-refractivity contribution in [1.29, 1.82) is 0 Å². The average Bonchev–Trinajstić information content (AvgIpc) is 3.23. The fourth-order valence-electron chi connectivity index (χ4n) is 4.03. The van der Waals surface area contributed by atoms with Gasteiger partial charge in [0.25, 0.3) is 0 Å². The molecule has 19 heteroatoms. The highest BCUT2D eigenvalue weighted by Crippen LogP contribution is 2.53. The predicted octanol–water partition coefficient (Wildman–Crippen LogP) is -1.44. The van der Waals surface area contributed by atoms with Crippen molar-refractivity contribution in [3.63, 3.8) is 0 Å². The lowest BCUT2D eigenvalue weighted by molar-refractivity contribution is -0.109. The minimum atomic E-state index is -5.11. The number of nitrogens with zero attached hydrogens (tertiary/aromatic N) is 7. The Bertz CT molecular complexity index is 1290. The largest absolute Gasteiger partial charge is 0.393 e. The summed E-state index contributed by atoms with van der Waals surface area (Å²) in [5.74, 6) is 0.916. The molecule has 0 amide bonds. The van der Waals surface area contributed by atoms with Crippen LogP contribution in [0.1, 0.15) is 24.9 Å². The van der Waals surface area contributed by atoms with Crippen LogP contribution in [-0.2, 0) is 20.5 Å². The van der Waals surface area contributed by atoms with Crippen molar-refractivity contribution in [3.05, 3.63) is 17.3 Å². The summed E-state index contributed by atoms with van der Waals surface area (Å²) >= 11 is 6.11. The quantitative estimate of drug-likeness (QED) is 0.105. The molecule has 1 saturated heterocycles. The maximum absolute atomic E-state index is 12.2. The zero-order chi connectivity index (χ0) is 26.4. The topological polar surface area (TPSA) is 247 Å². The Kier molecular flexibility index (Phi) is 7.16. The summed E-state index contributed by atoms with van der Waals surface area (Å²) in [6, 6.07) is 0. The lowest BCUT2D eigenvalue weighted by Crippen LogP contribution is -2.43. The first-order valence-electron chi connectivity index (χ1n) is 11.3. The smallest absolute Gasteiger partial charge is 0.359 e. The Morgan fingerprint density at radius 1 is 1.30 bits per heavy atom. The van der Waals surface area contributed by atoms with Crippen molar-refractivity contribution in [3.8, 4) is 0 Å². The minimum absolute atomic E-state index is 0.0590. The highest BCUT2D eigenvalue weighted by atomic mass is 35.5. The molecule has 1 aliphatic carbocycles. The number of hydrogen-bond acceptors (Lipinski definition) is 13. The number of halogens is 1. The van der Waals surface area contributed by atoms with Crippen molar-refractivity contribution in [2.45, 2.75) is 49.1 Å². The summed E-state index contributed by atoms with van der Waals surface area (Å²) in [5.41, 5.74) is 0.244. The van der Waals surface area contributed by atoms with Gasteiger partial charge in [0.2, 0.25) is 5.28 Å². The SMILES string of the molecule is O=P(O)(O)[C@@](CO)(Cc1nn[nH]n1)OC[C@@H]1O[C@H](n2ncc3c(NCC4CC4)nc(Cl)nc32)[C@@H](O)[C@H]1O. The molecule has 37 heavy (non-hydrogen) atoms. The monoisotopic (exact) mass is 561 g/mol. The molecular formula is C18H25ClN9O8P. The Morgan fingerprint density at radius 3 is 2.73 bits per heavy atom. The number of fused-ring (bicyclic) bond motifs is 1. The van der Waals surface area contributed by atoms with Crippen LogP contribution in [0.4, 0.5) is 5.82 Å². The van der Waals surface area contributed by atoms with E-state index in [2.05, 4.69) is 41.0 Å². The van der Waals surface area contributed by atoms with Crippen LogP contribution in [-0.4, -0.2) is 109 Å². The zero-order valence-electron chi connectivity index (χ0n) is 19.1. The molecule has 2 aliphatic rings. The first kappa shape index (κ1) is 26.3. The van der Waals surface area contributed by atoms with E-state index in [-0.39, 0.29) is 16.8 Å². The number of tetrazole rings is 1. The second-order valence-corrected chi connectivity index (χ2v) is 11.2. The fraction of sp³-hybridized carbons (Fsp3) is 0.667. The van der Waals surface area contributed by atoms with Gasteiger partial charge in [0, 0.05) is 6.54 Å². The molecule has 3 aromatic heterocycles. The van der Waals surface area contributed by atoms with E-state index in [9.17, 15) is 29.7 Å². The van der Waals surface area contributed by atoms with Crippen LogP contribution in [0.2, 0.25) is 5.28 Å². The number of nitrogens with one attached hydrogen (secondary N) is 2. The number of hydrogen-bond donors (Lipinski definition) is 7. The lowest BCUT2D eigenvalue weighted by atomic mass is 10.1. The van der Waals surface area contributed by atoms with E-state index >= 15 is 0 Å². The van der Waals surface area contributed by atoms with Crippen LogP contribution in [0.25, 0.3) is 11.0 Å².